The van der Waals surface area contributed by atoms with Crippen LogP contribution < -0.4 is 10.1 Å². The zero-order valence-corrected chi connectivity index (χ0v) is 12.3. The molecular formula is C16H23NO2. The number of methoxy groups -OCH3 is 1. The largest absolute Gasteiger partial charge is 0.496 e. The number of benzene rings is 1. The van der Waals surface area contributed by atoms with Crippen LogP contribution in [0.5, 0.6) is 5.75 Å². The minimum atomic E-state index is -0.453. The molecule has 1 aliphatic rings. The predicted molar refractivity (Wildman–Crippen MR) is 77.1 cm³/mol. The highest BCUT2D eigenvalue weighted by Crippen LogP contribution is 2.31. The second-order valence-corrected chi connectivity index (χ2v) is 5.70. The Morgan fingerprint density at radius 3 is 2.63 bits per heavy atom. The van der Waals surface area contributed by atoms with E-state index in [0.29, 0.717) is 5.75 Å². The molecule has 1 unspecified atom stereocenters. The van der Waals surface area contributed by atoms with E-state index in [9.17, 15) is 4.79 Å². The molecule has 3 nitrogen and oxygen atoms in total. The maximum absolute atomic E-state index is 12.9. The minimum absolute atomic E-state index is 0.154. The van der Waals surface area contributed by atoms with Gasteiger partial charge in [0.05, 0.1) is 18.2 Å². The molecule has 1 saturated heterocycles. The van der Waals surface area contributed by atoms with Crippen LogP contribution in [-0.2, 0) is 0 Å². The van der Waals surface area contributed by atoms with Gasteiger partial charge in [0.25, 0.3) is 0 Å². The van der Waals surface area contributed by atoms with Crippen molar-refractivity contribution in [3.63, 3.8) is 0 Å². The minimum Gasteiger partial charge on any atom is -0.496 e. The Labute approximate surface area is 115 Å². The van der Waals surface area contributed by atoms with Crippen molar-refractivity contribution in [2.24, 2.45) is 0 Å². The number of ketones is 1. The summed E-state index contributed by atoms with van der Waals surface area (Å²) in [7, 11) is 1.63. The average molecular weight is 261 g/mol. The number of carbonyl (C=O) groups excluding carboxylic acids is 1. The van der Waals surface area contributed by atoms with E-state index >= 15 is 0 Å². The molecule has 104 valence electrons. The van der Waals surface area contributed by atoms with Crippen LogP contribution in [0.15, 0.2) is 12.1 Å². The molecule has 0 aliphatic carbocycles. The normalized spacial score (nSPS) is 23.2. The lowest BCUT2D eigenvalue weighted by atomic mass is 9.82. The highest BCUT2D eigenvalue weighted by atomic mass is 16.5. The molecule has 2 rings (SSSR count). The Balaban J connectivity index is 2.43. The number of nitrogens with one attached hydrogen (secondary N) is 1. The van der Waals surface area contributed by atoms with E-state index in [1.165, 1.54) is 0 Å². The van der Waals surface area contributed by atoms with Crippen LogP contribution in [0.4, 0.5) is 0 Å². The molecule has 1 aromatic rings. The average Bonchev–Trinajstić information content (AvgIpc) is 2.38. The zero-order chi connectivity index (χ0) is 14.0. The van der Waals surface area contributed by atoms with Crippen LogP contribution in [0.1, 0.15) is 47.7 Å². The summed E-state index contributed by atoms with van der Waals surface area (Å²) in [6.45, 7) is 6.92. The number of carbonyl (C=O) groups is 1. The lowest BCUT2D eigenvalue weighted by molar-refractivity contribution is 0.0831. The van der Waals surface area contributed by atoms with Gasteiger partial charge in [-0.25, -0.2) is 0 Å². The molecule has 1 atom stereocenters. The molecule has 1 fully saturated rings. The van der Waals surface area contributed by atoms with Gasteiger partial charge in [-0.15, -0.1) is 0 Å². The summed E-state index contributed by atoms with van der Waals surface area (Å²) < 4.78 is 5.42. The molecular weight excluding hydrogens is 238 g/mol. The van der Waals surface area contributed by atoms with Gasteiger partial charge in [-0.2, -0.15) is 0 Å². The van der Waals surface area contributed by atoms with E-state index < -0.39 is 5.54 Å². The van der Waals surface area contributed by atoms with Crippen LogP contribution in [0.2, 0.25) is 0 Å². The Bertz CT molecular complexity index is 488. The molecule has 3 heteroatoms. The number of hydrogen-bond acceptors (Lipinski definition) is 3. The first-order valence-electron chi connectivity index (χ1n) is 6.93. The molecule has 0 aromatic heterocycles. The fourth-order valence-electron chi connectivity index (χ4n) is 2.91. The van der Waals surface area contributed by atoms with E-state index in [0.717, 1.165) is 42.5 Å². The van der Waals surface area contributed by atoms with Crippen molar-refractivity contribution in [2.45, 2.75) is 45.6 Å². The summed E-state index contributed by atoms with van der Waals surface area (Å²) in [5.41, 5.74) is 2.39. The summed E-state index contributed by atoms with van der Waals surface area (Å²) in [5.74, 6) is 0.845. The number of aryl methyl sites for hydroxylation is 2. The van der Waals surface area contributed by atoms with Crippen LogP contribution in [-0.4, -0.2) is 25.0 Å². The van der Waals surface area contributed by atoms with Crippen LogP contribution in [0.25, 0.3) is 0 Å². The maximum Gasteiger partial charge on any atom is 0.186 e. The fourth-order valence-corrected chi connectivity index (χ4v) is 2.91. The number of rotatable bonds is 3. The molecule has 1 heterocycles. The van der Waals surface area contributed by atoms with Crippen molar-refractivity contribution < 1.29 is 9.53 Å². The van der Waals surface area contributed by atoms with Crippen molar-refractivity contribution >= 4 is 5.78 Å². The van der Waals surface area contributed by atoms with Crippen LogP contribution in [0.3, 0.4) is 0 Å². The van der Waals surface area contributed by atoms with Gasteiger partial charge >= 0.3 is 0 Å². The molecule has 0 amide bonds. The standard InChI is InChI=1S/C16H23NO2/c1-11-9-12(2)14(13(10-11)19-4)15(18)16(3)7-5-6-8-17-16/h9-10,17H,5-8H2,1-4H3. The van der Waals surface area contributed by atoms with Crippen molar-refractivity contribution in [1.29, 1.82) is 0 Å². The van der Waals surface area contributed by atoms with Gasteiger partial charge in [-0.05, 0) is 63.8 Å². The Morgan fingerprint density at radius 1 is 1.32 bits per heavy atom. The molecule has 19 heavy (non-hydrogen) atoms. The SMILES string of the molecule is COc1cc(C)cc(C)c1C(=O)C1(C)CCCCN1. The number of Topliss-reactive ketones (excluding diaryl/α,β-unsaturated/α-hetero) is 1. The summed E-state index contributed by atoms with van der Waals surface area (Å²) >= 11 is 0. The highest BCUT2D eigenvalue weighted by Gasteiger charge is 2.36. The molecule has 0 spiro atoms. The van der Waals surface area contributed by atoms with E-state index in [2.05, 4.69) is 5.32 Å². The fraction of sp³-hybridized carbons (Fsp3) is 0.562. The first-order chi connectivity index (χ1) is 8.98. The molecule has 1 aliphatic heterocycles. The van der Waals surface area contributed by atoms with Gasteiger partial charge in [0.2, 0.25) is 0 Å². The third-order valence-corrected chi connectivity index (χ3v) is 4.01. The van der Waals surface area contributed by atoms with Gasteiger partial charge in [-0.1, -0.05) is 6.07 Å². The monoisotopic (exact) mass is 261 g/mol. The molecule has 0 saturated carbocycles. The third-order valence-electron chi connectivity index (χ3n) is 4.01. The predicted octanol–water partition coefficient (Wildman–Crippen LogP) is 3.03. The second kappa shape index (κ2) is 5.33. The summed E-state index contributed by atoms with van der Waals surface area (Å²) in [5, 5.41) is 3.38. The highest BCUT2D eigenvalue weighted by molar-refractivity contribution is 6.06. The molecule has 0 radical (unpaired) electrons. The zero-order valence-electron chi connectivity index (χ0n) is 12.3. The molecule has 1 N–H and O–H groups in total. The number of ether oxygens (including phenoxy) is 1. The van der Waals surface area contributed by atoms with E-state index in [4.69, 9.17) is 4.74 Å². The van der Waals surface area contributed by atoms with Gasteiger partial charge in [0.1, 0.15) is 5.75 Å². The van der Waals surface area contributed by atoms with Gasteiger partial charge in [-0.3, -0.25) is 4.79 Å². The second-order valence-electron chi connectivity index (χ2n) is 5.70. The Hall–Kier alpha value is -1.35. The summed E-state index contributed by atoms with van der Waals surface area (Å²) in [6, 6.07) is 3.98. The topological polar surface area (TPSA) is 38.3 Å². The van der Waals surface area contributed by atoms with Gasteiger partial charge < -0.3 is 10.1 Å². The number of piperidine rings is 1. The van der Waals surface area contributed by atoms with Crippen molar-refractivity contribution in [3.8, 4) is 5.75 Å². The van der Waals surface area contributed by atoms with Gasteiger partial charge in [0, 0.05) is 0 Å². The third kappa shape index (κ3) is 2.66. The first kappa shape index (κ1) is 14.1. The maximum atomic E-state index is 12.9. The van der Waals surface area contributed by atoms with Crippen molar-refractivity contribution in [1.82, 2.24) is 5.32 Å². The summed E-state index contributed by atoms with van der Waals surface area (Å²) in [6.07, 6.45) is 3.14. The molecule has 1 aromatic carbocycles. The smallest absolute Gasteiger partial charge is 0.186 e. The number of hydrogen-bond donors (Lipinski definition) is 1. The quantitative estimate of drug-likeness (QED) is 0.850. The molecule has 0 bridgehead atoms. The van der Waals surface area contributed by atoms with Crippen molar-refractivity contribution in [2.75, 3.05) is 13.7 Å². The van der Waals surface area contributed by atoms with Crippen LogP contribution in [0, 0.1) is 13.8 Å². The van der Waals surface area contributed by atoms with Gasteiger partial charge in [0.15, 0.2) is 5.78 Å². The lowest BCUT2D eigenvalue weighted by Crippen LogP contribution is -2.52. The lowest BCUT2D eigenvalue weighted by Gasteiger charge is -2.34. The Kier molecular flexibility index (Phi) is 3.95. The summed E-state index contributed by atoms with van der Waals surface area (Å²) in [4.78, 5) is 12.9. The van der Waals surface area contributed by atoms with Crippen LogP contribution >= 0.6 is 0 Å². The van der Waals surface area contributed by atoms with E-state index in [1.807, 2.05) is 32.9 Å². The van der Waals surface area contributed by atoms with E-state index in [1.54, 1.807) is 7.11 Å². The first-order valence-corrected chi connectivity index (χ1v) is 6.93. The van der Waals surface area contributed by atoms with Crippen molar-refractivity contribution in [3.05, 3.63) is 28.8 Å². The Morgan fingerprint density at radius 2 is 2.05 bits per heavy atom. The van der Waals surface area contributed by atoms with E-state index in [-0.39, 0.29) is 5.78 Å².